The third kappa shape index (κ3) is 3.03. The molecule has 0 aliphatic heterocycles. The van der Waals surface area contributed by atoms with Crippen LogP contribution in [0.25, 0.3) is 4.96 Å². The van der Waals surface area contributed by atoms with Crippen LogP contribution in [0.2, 0.25) is 0 Å². The van der Waals surface area contributed by atoms with E-state index in [0.717, 1.165) is 16.1 Å². The fraction of sp³-hybridized carbons (Fsp3) is 0.375. The maximum Gasteiger partial charge on any atom is 0.281 e. The number of nitrogens with one attached hydrogen (secondary N) is 1. The van der Waals surface area contributed by atoms with E-state index in [1.54, 1.807) is 19.1 Å². The molecule has 0 fully saturated rings. The Kier molecular flexibility index (Phi) is 4.13. The first-order valence-corrected chi connectivity index (χ1v) is 9.94. The van der Waals surface area contributed by atoms with Gasteiger partial charge in [-0.05, 0) is 44.0 Å². The van der Waals surface area contributed by atoms with Crippen LogP contribution in [0.15, 0.2) is 23.2 Å². The summed E-state index contributed by atoms with van der Waals surface area (Å²) in [5.74, 6) is 0.222. The van der Waals surface area contributed by atoms with Gasteiger partial charge in [-0.3, -0.25) is 4.72 Å². The second-order valence-corrected chi connectivity index (χ2v) is 8.86. The first kappa shape index (κ1) is 16.9. The van der Waals surface area contributed by atoms with Crippen LogP contribution in [-0.4, -0.2) is 23.0 Å². The van der Waals surface area contributed by atoms with E-state index in [2.05, 4.69) is 14.8 Å². The zero-order valence-corrected chi connectivity index (χ0v) is 15.9. The predicted molar refractivity (Wildman–Crippen MR) is 96.4 cm³/mol. The molecular weight excluding hydrogens is 344 g/mol. The molecular formula is C16H20N4O2S2. The predicted octanol–water partition coefficient (Wildman–Crippen LogP) is 3.64. The molecule has 0 radical (unpaired) electrons. The molecule has 0 aliphatic rings. The molecule has 0 aliphatic carbocycles. The lowest BCUT2D eigenvalue weighted by molar-refractivity contribution is 0.592. The fourth-order valence-corrected chi connectivity index (χ4v) is 4.94. The number of aryl methyl sites for hydroxylation is 3. The molecule has 0 atom stereocenters. The molecule has 6 nitrogen and oxygen atoms in total. The van der Waals surface area contributed by atoms with E-state index in [4.69, 9.17) is 0 Å². The largest absolute Gasteiger partial charge is 0.281 e. The van der Waals surface area contributed by atoms with Crippen molar-refractivity contribution in [1.29, 1.82) is 0 Å². The zero-order chi connectivity index (χ0) is 17.6. The van der Waals surface area contributed by atoms with Gasteiger partial charge in [0.2, 0.25) is 9.99 Å². The van der Waals surface area contributed by atoms with Crippen LogP contribution >= 0.6 is 11.3 Å². The number of aromatic nitrogens is 3. The van der Waals surface area contributed by atoms with Crippen LogP contribution in [0.1, 0.15) is 41.6 Å². The molecule has 0 spiro atoms. The normalized spacial score (nSPS) is 12.2. The first-order valence-electron chi connectivity index (χ1n) is 7.64. The van der Waals surface area contributed by atoms with Gasteiger partial charge in [-0.15, -0.1) is 0 Å². The maximum atomic E-state index is 12.9. The van der Waals surface area contributed by atoms with Crippen LogP contribution in [0, 0.1) is 20.8 Å². The van der Waals surface area contributed by atoms with Gasteiger partial charge >= 0.3 is 0 Å². The number of anilines is 1. The van der Waals surface area contributed by atoms with Gasteiger partial charge < -0.3 is 0 Å². The molecule has 8 heteroatoms. The first-order chi connectivity index (χ1) is 11.2. The summed E-state index contributed by atoms with van der Waals surface area (Å²) in [6.07, 6.45) is 0. The van der Waals surface area contributed by atoms with Crippen LogP contribution in [-0.2, 0) is 10.0 Å². The number of rotatable bonds is 4. The van der Waals surface area contributed by atoms with Gasteiger partial charge in [0.25, 0.3) is 10.0 Å². The van der Waals surface area contributed by atoms with Gasteiger partial charge in [-0.1, -0.05) is 31.3 Å². The van der Waals surface area contributed by atoms with Crippen molar-refractivity contribution in [2.75, 3.05) is 4.72 Å². The maximum absolute atomic E-state index is 12.9. The molecule has 0 unspecified atom stereocenters. The van der Waals surface area contributed by atoms with E-state index in [9.17, 15) is 8.42 Å². The lowest BCUT2D eigenvalue weighted by Gasteiger charge is -2.09. The van der Waals surface area contributed by atoms with Crippen molar-refractivity contribution in [2.45, 2.75) is 45.6 Å². The minimum atomic E-state index is -3.78. The van der Waals surface area contributed by atoms with Gasteiger partial charge in [0, 0.05) is 11.6 Å². The summed E-state index contributed by atoms with van der Waals surface area (Å²) >= 11 is 1.42. The third-order valence-corrected chi connectivity index (χ3v) is 6.25. The summed E-state index contributed by atoms with van der Waals surface area (Å²) in [4.78, 5) is 4.95. The van der Waals surface area contributed by atoms with Crippen molar-refractivity contribution >= 4 is 32.0 Å². The van der Waals surface area contributed by atoms with E-state index in [0.29, 0.717) is 16.3 Å². The smallest absolute Gasteiger partial charge is 0.278 e. The monoisotopic (exact) mass is 364 g/mol. The molecule has 0 saturated heterocycles. The summed E-state index contributed by atoms with van der Waals surface area (Å²) < 4.78 is 29.9. The van der Waals surface area contributed by atoms with Gasteiger partial charge in [0.15, 0.2) is 0 Å². The Morgan fingerprint density at radius 2 is 1.75 bits per heavy atom. The van der Waals surface area contributed by atoms with Gasteiger partial charge in [0.1, 0.15) is 5.01 Å². The Bertz CT molecular complexity index is 996. The molecule has 128 valence electrons. The molecule has 3 aromatic rings. The molecule has 3 rings (SSSR count). The highest BCUT2D eigenvalue weighted by Gasteiger charge is 2.26. The fourth-order valence-electron chi connectivity index (χ4n) is 2.62. The number of hydrogen-bond donors (Lipinski definition) is 1. The Hall–Kier alpha value is -1.93. The highest BCUT2D eigenvalue weighted by molar-refractivity contribution is 7.92. The van der Waals surface area contributed by atoms with Crippen molar-refractivity contribution in [3.8, 4) is 0 Å². The minimum absolute atomic E-state index is 0.0970. The van der Waals surface area contributed by atoms with Crippen LogP contribution in [0.5, 0.6) is 0 Å². The van der Waals surface area contributed by atoms with E-state index in [-0.39, 0.29) is 10.9 Å². The Morgan fingerprint density at radius 1 is 1.12 bits per heavy atom. The number of fused-ring (bicyclic) bond motifs is 1. The van der Waals surface area contributed by atoms with Crippen LogP contribution in [0.4, 0.5) is 5.69 Å². The summed E-state index contributed by atoms with van der Waals surface area (Å²) in [6, 6.07) is 5.60. The SMILES string of the molecule is Cc1cc(C)cc(NS(=O)(=O)c2c(C)nc3sc(C(C)C)nn23)c1. The van der Waals surface area contributed by atoms with Crippen molar-refractivity contribution in [3.63, 3.8) is 0 Å². The van der Waals surface area contributed by atoms with E-state index < -0.39 is 10.0 Å². The average molecular weight is 364 g/mol. The van der Waals surface area contributed by atoms with Crippen LogP contribution < -0.4 is 4.72 Å². The summed E-state index contributed by atoms with van der Waals surface area (Å²) in [5.41, 5.74) is 2.99. The standard InChI is InChI=1S/C16H20N4O2S2/c1-9(2)14-18-20-15(12(5)17-16(20)23-14)24(21,22)19-13-7-10(3)6-11(4)8-13/h6-9,19H,1-5H3. The minimum Gasteiger partial charge on any atom is -0.278 e. The van der Waals surface area contributed by atoms with E-state index in [1.807, 2.05) is 33.8 Å². The Labute approximate surface area is 145 Å². The van der Waals surface area contributed by atoms with Crippen molar-refractivity contribution in [1.82, 2.24) is 14.6 Å². The highest BCUT2D eigenvalue weighted by Crippen LogP contribution is 2.27. The highest BCUT2D eigenvalue weighted by atomic mass is 32.2. The molecule has 2 aromatic heterocycles. The van der Waals surface area contributed by atoms with E-state index in [1.165, 1.54) is 15.9 Å². The third-order valence-electron chi connectivity index (χ3n) is 3.56. The zero-order valence-electron chi connectivity index (χ0n) is 14.3. The van der Waals surface area contributed by atoms with E-state index >= 15 is 0 Å². The number of benzene rings is 1. The second kappa shape index (κ2) is 5.86. The lowest BCUT2D eigenvalue weighted by Crippen LogP contribution is -2.17. The lowest BCUT2D eigenvalue weighted by atomic mass is 10.1. The van der Waals surface area contributed by atoms with Crippen LogP contribution in [0.3, 0.4) is 0 Å². The summed E-state index contributed by atoms with van der Waals surface area (Å²) in [5, 5.41) is 5.39. The molecule has 1 aromatic carbocycles. The van der Waals surface area contributed by atoms with Crippen molar-refractivity contribution in [2.24, 2.45) is 0 Å². The second-order valence-electron chi connectivity index (χ2n) is 6.27. The molecule has 0 saturated carbocycles. The van der Waals surface area contributed by atoms with Crippen molar-refractivity contribution in [3.05, 3.63) is 40.0 Å². The molecule has 1 N–H and O–H groups in total. The van der Waals surface area contributed by atoms with Gasteiger partial charge in [-0.2, -0.15) is 18.0 Å². The number of imidazole rings is 1. The number of sulfonamides is 1. The molecule has 24 heavy (non-hydrogen) atoms. The summed E-state index contributed by atoms with van der Waals surface area (Å²) in [6.45, 7) is 9.59. The Balaban J connectivity index is 2.09. The molecule has 0 bridgehead atoms. The quantitative estimate of drug-likeness (QED) is 0.767. The molecule has 0 amide bonds. The number of hydrogen-bond acceptors (Lipinski definition) is 5. The van der Waals surface area contributed by atoms with Crippen molar-refractivity contribution < 1.29 is 8.42 Å². The Morgan fingerprint density at radius 3 is 2.33 bits per heavy atom. The average Bonchev–Trinajstić information content (AvgIpc) is 2.92. The van der Waals surface area contributed by atoms with Gasteiger partial charge in [0.05, 0.1) is 5.69 Å². The molecule has 2 heterocycles. The topological polar surface area (TPSA) is 76.4 Å². The van der Waals surface area contributed by atoms with Gasteiger partial charge in [-0.25, -0.2) is 4.98 Å². The number of nitrogens with zero attached hydrogens (tertiary/aromatic N) is 3. The summed E-state index contributed by atoms with van der Waals surface area (Å²) in [7, 11) is -3.78.